The quantitative estimate of drug-likeness (QED) is 0.373. The van der Waals surface area contributed by atoms with E-state index in [0.717, 1.165) is 19.3 Å². The summed E-state index contributed by atoms with van der Waals surface area (Å²) in [6, 6.07) is 0. The maximum Gasteiger partial charge on any atom is 0.305 e. The molecular formula is C17H32O6. The van der Waals surface area contributed by atoms with Gasteiger partial charge in [0, 0.05) is 6.42 Å². The number of rotatable bonds is 12. The number of aliphatic hydroxyl groups is 3. The van der Waals surface area contributed by atoms with Gasteiger partial charge >= 0.3 is 5.97 Å². The lowest BCUT2D eigenvalue weighted by Gasteiger charge is -2.14. The molecule has 1 aliphatic heterocycles. The third kappa shape index (κ3) is 8.11. The van der Waals surface area contributed by atoms with Crippen molar-refractivity contribution in [3.05, 3.63) is 0 Å². The fourth-order valence-electron chi connectivity index (χ4n) is 2.69. The topological polar surface area (TPSA) is 96.2 Å². The second-order valence-electron chi connectivity index (χ2n) is 6.31. The lowest BCUT2D eigenvalue weighted by atomic mass is 10.1. The summed E-state index contributed by atoms with van der Waals surface area (Å²) in [4.78, 5) is 11.6. The molecule has 23 heavy (non-hydrogen) atoms. The van der Waals surface area contributed by atoms with Crippen molar-refractivity contribution in [1.29, 1.82) is 0 Å². The van der Waals surface area contributed by atoms with Crippen LogP contribution in [-0.2, 0) is 14.3 Å². The fraction of sp³-hybridized carbons (Fsp3) is 0.941. The molecule has 1 fully saturated rings. The van der Waals surface area contributed by atoms with Crippen LogP contribution in [0.4, 0.5) is 0 Å². The monoisotopic (exact) mass is 332 g/mol. The molecule has 1 rings (SSSR count). The molecule has 1 aliphatic rings. The van der Waals surface area contributed by atoms with E-state index in [1.165, 1.54) is 38.5 Å². The number of ether oxygens (including phenoxy) is 2. The van der Waals surface area contributed by atoms with Gasteiger partial charge in [-0.15, -0.1) is 0 Å². The molecule has 1 saturated heterocycles. The predicted octanol–water partition coefficient (Wildman–Crippen LogP) is 1.89. The van der Waals surface area contributed by atoms with Crippen LogP contribution in [0.2, 0.25) is 0 Å². The summed E-state index contributed by atoms with van der Waals surface area (Å²) in [5, 5.41) is 28.1. The Balaban J connectivity index is 1.95. The van der Waals surface area contributed by atoms with Gasteiger partial charge in [0.25, 0.3) is 0 Å². The average molecular weight is 332 g/mol. The van der Waals surface area contributed by atoms with Crippen molar-refractivity contribution in [2.75, 3.05) is 6.61 Å². The highest BCUT2D eigenvalue weighted by Gasteiger charge is 2.42. The second kappa shape index (κ2) is 11.8. The Bertz CT molecular complexity index is 322. The molecule has 0 amide bonds. The Kier molecular flexibility index (Phi) is 10.4. The highest BCUT2D eigenvalue weighted by Crippen LogP contribution is 2.20. The minimum Gasteiger partial charge on any atom is -0.463 e. The summed E-state index contributed by atoms with van der Waals surface area (Å²) in [7, 11) is 0. The van der Waals surface area contributed by atoms with Crippen molar-refractivity contribution >= 4 is 5.97 Å². The molecule has 0 bridgehead atoms. The van der Waals surface area contributed by atoms with Crippen molar-refractivity contribution in [2.24, 2.45) is 0 Å². The van der Waals surface area contributed by atoms with E-state index in [4.69, 9.17) is 9.47 Å². The average Bonchev–Trinajstić information content (AvgIpc) is 2.78. The third-order valence-electron chi connectivity index (χ3n) is 4.23. The Morgan fingerprint density at radius 2 is 1.48 bits per heavy atom. The summed E-state index contributed by atoms with van der Waals surface area (Å²) in [6.07, 6.45) is 6.13. The second-order valence-corrected chi connectivity index (χ2v) is 6.31. The number of hydrogen-bond donors (Lipinski definition) is 3. The van der Waals surface area contributed by atoms with Crippen LogP contribution in [0.3, 0.4) is 0 Å². The summed E-state index contributed by atoms with van der Waals surface area (Å²) < 4.78 is 9.93. The molecule has 0 radical (unpaired) electrons. The van der Waals surface area contributed by atoms with Crippen LogP contribution in [0.15, 0.2) is 0 Å². The van der Waals surface area contributed by atoms with E-state index in [2.05, 4.69) is 6.92 Å². The standard InChI is InChI=1S/C17H32O6/c1-2-3-4-5-6-7-8-9-10-11-14(18)22-12-13-15(19)16(20)17(21)23-13/h13,15-17,19-21H,2-12H2,1H3/t13-,15+,16-,17?/m1/s1. The van der Waals surface area contributed by atoms with Gasteiger partial charge in [-0.25, -0.2) is 0 Å². The minimum absolute atomic E-state index is 0.147. The Labute approximate surface area is 138 Å². The molecule has 0 aromatic rings. The molecule has 6 heteroatoms. The van der Waals surface area contributed by atoms with Gasteiger partial charge in [0.1, 0.15) is 24.9 Å². The zero-order chi connectivity index (χ0) is 17.1. The summed E-state index contributed by atoms with van der Waals surface area (Å²) in [5.41, 5.74) is 0. The normalized spacial score (nSPS) is 27.3. The first-order valence-corrected chi connectivity index (χ1v) is 8.91. The molecule has 0 spiro atoms. The number of carbonyl (C=O) groups is 1. The van der Waals surface area contributed by atoms with E-state index >= 15 is 0 Å². The van der Waals surface area contributed by atoms with E-state index in [0.29, 0.717) is 6.42 Å². The molecule has 0 aromatic heterocycles. The predicted molar refractivity (Wildman–Crippen MR) is 85.7 cm³/mol. The van der Waals surface area contributed by atoms with E-state index in [1.807, 2.05) is 0 Å². The molecule has 136 valence electrons. The van der Waals surface area contributed by atoms with E-state index in [1.54, 1.807) is 0 Å². The van der Waals surface area contributed by atoms with Crippen LogP contribution in [0, 0.1) is 0 Å². The molecular weight excluding hydrogens is 300 g/mol. The van der Waals surface area contributed by atoms with E-state index in [-0.39, 0.29) is 12.6 Å². The van der Waals surface area contributed by atoms with Crippen LogP contribution in [0.25, 0.3) is 0 Å². The Morgan fingerprint density at radius 3 is 2.00 bits per heavy atom. The molecule has 1 heterocycles. The first kappa shape index (κ1) is 20.4. The zero-order valence-corrected chi connectivity index (χ0v) is 14.2. The summed E-state index contributed by atoms with van der Waals surface area (Å²) in [6.45, 7) is 2.06. The van der Waals surface area contributed by atoms with Crippen LogP contribution in [-0.4, -0.2) is 52.5 Å². The van der Waals surface area contributed by atoms with E-state index in [9.17, 15) is 20.1 Å². The van der Waals surface area contributed by atoms with Crippen molar-refractivity contribution in [3.63, 3.8) is 0 Å². The summed E-state index contributed by atoms with van der Waals surface area (Å²) >= 11 is 0. The molecule has 1 unspecified atom stereocenters. The molecule has 0 aromatic carbocycles. The molecule has 0 aliphatic carbocycles. The number of hydrogen-bond acceptors (Lipinski definition) is 6. The molecule has 3 N–H and O–H groups in total. The van der Waals surface area contributed by atoms with Gasteiger partial charge in [-0.1, -0.05) is 58.3 Å². The lowest BCUT2D eigenvalue weighted by Crippen LogP contribution is -2.34. The van der Waals surface area contributed by atoms with Gasteiger partial charge in [-0.05, 0) is 6.42 Å². The van der Waals surface area contributed by atoms with Crippen LogP contribution in [0.5, 0.6) is 0 Å². The Morgan fingerprint density at radius 1 is 0.913 bits per heavy atom. The highest BCUT2D eigenvalue weighted by molar-refractivity contribution is 5.69. The lowest BCUT2D eigenvalue weighted by molar-refractivity contribution is -0.157. The van der Waals surface area contributed by atoms with Gasteiger partial charge in [-0.2, -0.15) is 0 Å². The van der Waals surface area contributed by atoms with Crippen molar-refractivity contribution in [1.82, 2.24) is 0 Å². The number of aliphatic hydroxyl groups excluding tert-OH is 3. The summed E-state index contributed by atoms with van der Waals surface area (Å²) in [5.74, 6) is -0.334. The van der Waals surface area contributed by atoms with Crippen molar-refractivity contribution < 1.29 is 29.6 Å². The molecule has 6 nitrogen and oxygen atoms in total. The van der Waals surface area contributed by atoms with Crippen LogP contribution in [0.1, 0.15) is 71.1 Å². The van der Waals surface area contributed by atoms with Crippen LogP contribution >= 0.6 is 0 Å². The molecule has 4 atom stereocenters. The van der Waals surface area contributed by atoms with Gasteiger partial charge in [-0.3, -0.25) is 4.79 Å². The first-order valence-electron chi connectivity index (χ1n) is 8.91. The minimum atomic E-state index is -1.42. The third-order valence-corrected chi connectivity index (χ3v) is 4.23. The largest absolute Gasteiger partial charge is 0.463 e. The zero-order valence-electron chi connectivity index (χ0n) is 14.2. The molecule has 0 saturated carbocycles. The van der Waals surface area contributed by atoms with Crippen molar-refractivity contribution in [3.8, 4) is 0 Å². The fourth-order valence-corrected chi connectivity index (χ4v) is 2.69. The highest BCUT2D eigenvalue weighted by atomic mass is 16.7. The first-order chi connectivity index (χ1) is 11.1. The maximum atomic E-state index is 11.6. The SMILES string of the molecule is CCCCCCCCCCCC(=O)OC[C@H]1OC(O)[C@H](O)[C@H]1O. The van der Waals surface area contributed by atoms with Crippen molar-refractivity contribution in [2.45, 2.75) is 95.7 Å². The maximum absolute atomic E-state index is 11.6. The van der Waals surface area contributed by atoms with Gasteiger partial charge in [0.15, 0.2) is 6.29 Å². The van der Waals surface area contributed by atoms with Gasteiger partial charge in [0.2, 0.25) is 0 Å². The van der Waals surface area contributed by atoms with Gasteiger partial charge in [0.05, 0.1) is 0 Å². The van der Waals surface area contributed by atoms with Crippen LogP contribution < -0.4 is 0 Å². The van der Waals surface area contributed by atoms with E-state index < -0.39 is 24.6 Å². The van der Waals surface area contributed by atoms with Gasteiger partial charge < -0.3 is 24.8 Å². The number of unbranched alkanes of at least 4 members (excludes halogenated alkanes) is 8. The Hall–Kier alpha value is -0.690. The smallest absolute Gasteiger partial charge is 0.305 e. The number of carbonyl (C=O) groups excluding carboxylic acids is 1. The number of esters is 1.